The zero-order chi connectivity index (χ0) is 21.9. The van der Waals surface area contributed by atoms with Gasteiger partial charge < -0.3 is 20.4 Å². The van der Waals surface area contributed by atoms with E-state index in [-0.39, 0.29) is 42.0 Å². The lowest BCUT2D eigenvalue weighted by atomic mass is 9.85. The number of piperidine rings is 1. The molecule has 5 rings (SSSR count). The number of nitrogens with two attached hydrogens (primary N) is 1. The average molecular weight is 493 g/mol. The molecule has 3 heterocycles. The smallest absolute Gasteiger partial charge is 0.326 e. The van der Waals surface area contributed by atoms with Gasteiger partial charge in [-0.05, 0) is 57.7 Å². The van der Waals surface area contributed by atoms with Gasteiger partial charge in [-0.25, -0.2) is 4.79 Å². The fourth-order valence-electron chi connectivity index (χ4n) is 5.72. The molecule has 8 heteroatoms. The van der Waals surface area contributed by atoms with Crippen LogP contribution in [0.1, 0.15) is 53.0 Å². The van der Waals surface area contributed by atoms with Gasteiger partial charge in [-0.1, -0.05) is 19.1 Å². The summed E-state index contributed by atoms with van der Waals surface area (Å²) in [5, 5.41) is 0. The number of nitrogens with one attached hydrogen (secondary N) is 1. The van der Waals surface area contributed by atoms with Crippen LogP contribution in [0, 0.1) is 5.41 Å². The van der Waals surface area contributed by atoms with Crippen molar-refractivity contribution >= 4 is 35.8 Å². The molecule has 0 bridgehead atoms. The molecule has 0 spiro atoms. The van der Waals surface area contributed by atoms with Crippen molar-refractivity contribution in [2.75, 3.05) is 19.6 Å². The SMILES string of the molecule is CC1=C(C)C2=C(N)C(C)(CN3CCC(n4c(=O)[nH]c5ccccc54)CC3)CC2=C(C)O1.Cl.Cl. The van der Waals surface area contributed by atoms with E-state index in [0.717, 1.165) is 67.1 Å². The first kappa shape index (κ1) is 25.5. The Morgan fingerprint density at radius 1 is 1.12 bits per heavy atom. The standard InChI is InChI=1S/C25H32N4O2.2ClH/c1-15-16(2)31-17(3)19-13-25(4,23(26)22(15)19)14-28-11-9-18(10-12-28)29-21-8-6-5-7-20(21)27-24(29)30;;/h5-8,18H,9-14,26H2,1-4H3,(H,27,30);2*1H. The van der Waals surface area contributed by atoms with E-state index in [2.05, 4.69) is 30.7 Å². The van der Waals surface area contributed by atoms with Crippen molar-refractivity contribution in [3.8, 4) is 0 Å². The highest BCUT2D eigenvalue weighted by Crippen LogP contribution is 2.50. The van der Waals surface area contributed by atoms with Gasteiger partial charge >= 0.3 is 5.69 Å². The lowest BCUT2D eigenvalue weighted by Crippen LogP contribution is -2.43. The number of nitrogens with zero attached hydrogens (tertiary/aromatic N) is 2. The van der Waals surface area contributed by atoms with E-state index in [9.17, 15) is 4.79 Å². The Kier molecular flexibility index (Phi) is 7.13. The van der Waals surface area contributed by atoms with Gasteiger partial charge in [-0.2, -0.15) is 0 Å². The third-order valence-electron chi connectivity index (χ3n) is 7.54. The zero-order valence-electron chi connectivity index (χ0n) is 19.7. The number of hydrogen-bond donors (Lipinski definition) is 2. The fraction of sp³-hybridized carbons (Fsp3) is 0.480. The van der Waals surface area contributed by atoms with Crippen LogP contribution in [0.3, 0.4) is 0 Å². The Balaban J connectivity index is 0.00000153. The minimum atomic E-state index is -0.0916. The second-order valence-electron chi connectivity index (χ2n) is 9.67. The Morgan fingerprint density at radius 2 is 1.79 bits per heavy atom. The Hall–Kier alpha value is -2.15. The highest BCUT2D eigenvalue weighted by atomic mass is 35.5. The van der Waals surface area contributed by atoms with Gasteiger partial charge in [0.15, 0.2) is 0 Å². The van der Waals surface area contributed by atoms with Crippen molar-refractivity contribution < 1.29 is 4.74 Å². The number of hydrogen-bond acceptors (Lipinski definition) is 4. The van der Waals surface area contributed by atoms with E-state index >= 15 is 0 Å². The molecule has 1 fully saturated rings. The van der Waals surface area contributed by atoms with Crippen LogP contribution in [0.4, 0.5) is 0 Å². The van der Waals surface area contributed by atoms with Crippen LogP contribution in [0.15, 0.2) is 63.0 Å². The zero-order valence-corrected chi connectivity index (χ0v) is 21.4. The summed E-state index contributed by atoms with van der Waals surface area (Å²) in [6.07, 6.45) is 2.86. The van der Waals surface area contributed by atoms with Crippen molar-refractivity contribution in [1.82, 2.24) is 14.5 Å². The number of ether oxygens (including phenoxy) is 1. The minimum Gasteiger partial charge on any atom is -0.466 e. The molecule has 1 aromatic carbocycles. The van der Waals surface area contributed by atoms with Gasteiger partial charge in [-0.15, -0.1) is 24.8 Å². The number of para-hydroxylation sites is 2. The molecule has 2 aliphatic heterocycles. The van der Waals surface area contributed by atoms with Crippen LogP contribution in [0.25, 0.3) is 11.0 Å². The monoisotopic (exact) mass is 492 g/mol. The quantitative estimate of drug-likeness (QED) is 0.629. The number of likely N-dealkylation sites (tertiary alicyclic amines) is 1. The van der Waals surface area contributed by atoms with Crippen LogP contribution in [-0.4, -0.2) is 34.1 Å². The van der Waals surface area contributed by atoms with Crippen LogP contribution in [0.2, 0.25) is 0 Å². The van der Waals surface area contributed by atoms with E-state index in [1.807, 2.05) is 35.8 Å². The highest BCUT2D eigenvalue weighted by Gasteiger charge is 2.43. The number of fused-ring (bicyclic) bond motifs is 2. The van der Waals surface area contributed by atoms with Gasteiger partial charge in [0.05, 0.1) is 11.0 Å². The topological polar surface area (TPSA) is 76.3 Å². The molecule has 1 aliphatic carbocycles. The molecule has 6 nitrogen and oxygen atoms in total. The lowest BCUT2D eigenvalue weighted by Gasteiger charge is -2.38. The molecule has 2 aromatic rings. The second-order valence-corrected chi connectivity index (χ2v) is 9.67. The van der Waals surface area contributed by atoms with Crippen molar-refractivity contribution in [3.63, 3.8) is 0 Å². The molecule has 1 atom stereocenters. The summed E-state index contributed by atoms with van der Waals surface area (Å²) in [6, 6.07) is 8.20. The third kappa shape index (κ3) is 4.13. The number of H-pyrrole nitrogens is 1. The van der Waals surface area contributed by atoms with Gasteiger partial charge in [0, 0.05) is 47.9 Å². The number of imidazole rings is 1. The molecule has 0 saturated carbocycles. The van der Waals surface area contributed by atoms with Gasteiger partial charge in [0.2, 0.25) is 0 Å². The molecule has 0 amide bonds. The first-order valence-electron chi connectivity index (χ1n) is 11.3. The number of rotatable bonds is 3. The summed E-state index contributed by atoms with van der Waals surface area (Å²) in [4.78, 5) is 18.1. The Labute approximate surface area is 207 Å². The number of aromatic nitrogens is 2. The predicted molar refractivity (Wildman–Crippen MR) is 138 cm³/mol. The van der Waals surface area contributed by atoms with Crippen molar-refractivity contribution in [2.24, 2.45) is 11.1 Å². The normalized spacial score (nSPS) is 24.0. The van der Waals surface area contributed by atoms with Gasteiger partial charge in [0.25, 0.3) is 0 Å². The molecular formula is C25H34Cl2N4O2. The van der Waals surface area contributed by atoms with E-state index in [0.29, 0.717) is 0 Å². The van der Waals surface area contributed by atoms with Crippen LogP contribution in [-0.2, 0) is 4.74 Å². The summed E-state index contributed by atoms with van der Waals surface area (Å²) in [7, 11) is 0. The molecule has 1 unspecified atom stereocenters. The molecule has 3 aliphatic rings. The fourth-order valence-corrected chi connectivity index (χ4v) is 5.72. The summed E-state index contributed by atoms with van der Waals surface area (Å²) in [5.74, 6) is 1.94. The first-order chi connectivity index (χ1) is 14.8. The summed E-state index contributed by atoms with van der Waals surface area (Å²) in [6.45, 7) is 11.3. The number of halogens is 2. The lowest BCUT2D eigenvalue weighted by molar-refractivity contribution is 0.139. The largest absolute Gasteiger partial charge is 0.466 e. The number of benzene rings is 1. The molecule has 3 N–H and O–H groups in total. The molecular weight excluding hydrogens is 459 g/mol. The van der Waals surface area contributed by atoms with Crippen molar-refractivity contribution in [3.05, 3.63) is 68.7 Å². The number of allylic oxidation sites excluding steroid dienone is 5. The van der Waals surface area contributed by atoms with Crippen molar-refractivity contribution in [2.45, 2.75) is 53.0 Å². The molecule has 180 valence electrons. The predicted octanol–water partition coefficient (Wildman–Crippen LogP) is 5.03. The molecule has 33 heavy (non-hydrogen) atoms. The highest BCUT2D eigenvalue weighted by molar-refractivity contribution is 5.85. The second kappa shape index (κ2) is 9.24. The van der Waals surface area contributed by atoms with E-state index < -0.39 is 0 Å². The summed E-state index contributed by atoms with van der Waals surface area (Å²) >= 11 is 0. The maximum atomic E-state index is 12.6. The Bertz CT molecular complexity index is 1210. The number of aromatic amines is 1. The average Bonchev–Trinajstić information content (AvgIpc) is 3.21. The van der Waals surface area contributed by atoms with E-state index in [1.54, 1.807) is 0 Å². The third-order valence-corrected chi connectivity index (χ3v) is 7.54. The van der Waals surface area contributed by atoms with E-state index in [1.165, 1.54) is 16.7 Å². The van der Waals surface area contributed by atoms with Gasteiger partial charge in [0.1, 0.15) is 11.5 Å². The van der Waals surface area contributed by atoms with Crippen LogP contribution >= 0.6 is 24.8 Å². The van der Waals surface area contributed by atoms with Gasteiger partial charge in [-0.3, -0.25) is 4.57 Å². The van der Waals surface area contributed by atoms with Crippen molar-refractivity contribution in [1.29, 1.82) is 0 Å². The summed E-state index contributed by atoms with van der Waals surface area (Å²) in [5.41, 5.74) is 13.2. The Morgan fingerprint density at radius 3 is 2.48 bits per heavy atom. The van der Waals surface area contributed by atoms with Crippen LogP contribution < -0.4 is 11.4 Å². The maximum absolute atomic E-state index is 12.6. The minimum absolute atomic E-state index is 0. The maximum Gasteiger partial charge on any atom is 0.326 e. The van der Waals surface area contributed by atoms with E-state index in [4.69, 9.17) is 10.5 Å². The molecule has 1 saturated heterocycles. The molecule has 1 aromatic heterocycles. The molecule has 0 radical (unpaired) electrons. The summed E-state index contributed by atoms with van der Waals surface area (Å²) < 4.78 is 7.92. The van der Waals surface area contributed by atoms with Crippen LogP contribution in [0.5, 0.6) is 0 Å². The first-order valence-corrected chi connectivity index (χ1v) is 11.3.